The molecule has 3 aromatic rings. The average Bonchev–Trinajstić information content (AvgIpc) is 3.02. The van der Waals surface area contributed by atoms with Crippen LogP contribution in [0.25, 0.3) is 5.69 Å². The third kappa shape index (κ3) is 3.81. The fourth-order valence-corrected chi connectivity index (χ4v) is 3.10. The lowest BCUT2D eigenvalue weighted by Crippen LogP contribution is -2.14. The molecular formula is C22H23N3O3. The van der Waals surface area contributed by atoms with Crippen LogP contribution in [0.5, 0.6) is 0 Å². The summed E-state index contributed by atoms with van der Waals surface area (Å²) in [6, 6.07) is 12.7. The smallest absolute Gasteiger partial charge is 0.338 e. The van der Waals surface area contributed by atoms with Gasteiger partial charge in [-0.05, 0) is 81.3 Å². The van der Waals surface area contributed by atoms with Gasteiger partial charge in [0.15, 0.2) is 0 Å². The van der Waals surface area contributed by atoms with Crippen LogP contribution in [0, 0.1) is 27.7 Å². The van der Waals surface area contributed by atoms with Crippen LogP contribution in [-0.4, -0.2) is 28.8 Å². The molecule has 2 aromatic carbocycles. The number of anilines is 1. The minimum absolute atomic E-state index is 0.251. The molecule has 0 saturated carbocycles. The standard InChI is InChI=1S/C22H23N3O3/c1-13-10-18(12-20(16(13)4)22(27)28-5)23-21(26)17-6-8-19(9-7-17)25-15(3)11-14(2)24-25/h6-12H,1-5H3,(H,23,26). The first-order valence-electron chi connectivity index (χ1n) is 8.94. The maximum Gasteiger partial charge on any atom is 0.338 e. The minimum atomic E-state index is -0.425. The van der Waals surface area contributed by atoms with Gasteiger partial charge in [-0.2, -0.15) is 5.10 Å². The Morgan fingerprint density at radius 1 is 1.00 bits per heavy atom. The number of esters is 1. The van der Waals surface area contributed by atoms with Crippen molar-refractivity contribution in [1.82, 2.24) is 9.78 Å². The van der Waals surface area contributed by atoms with E-state index in [1.165, 1.54) is 7.11 Å². The van der Waals surface area contributed by atoms with Crippen LogP contribution < -0.4 is 5.32 Å². The molecule has 0 saturated heterocycles. The highest BCUT2D eigenvalue weighted by Crippen LogP contribution is 2.22. The lowest BCUT2D eigenvalue weighted by Gasteiger charge is -2.12. The highest BCUT2D eigenvalue weighted by atomic mass is 16.5. The largest absolute Gasteiger partial charge is 0.465 e. The SMILES string of the molecule is COC(=O)c1cc(NC(=O)c2ccc(-n3nc(C)cc3C)cc2)cc(C)c1C. The van der Waals surface area contributed by atoms with E-state index in [4.69, 9.17) is 4.74 Å². The van der Waals surface area contributed by atoms with Crippen LogP contribution >= 0.6 is 0 Å². The Balaban J connectivity index is 1.83. The molecular weight excluding hydrogens is 354 g/mol. The number of ether oxygens (including phenoxy) is 1. The van der Waals surface area contributed by atoms with Crippen molar-refractivity contribution < 1.29 is 14.3 Å². The van der Waals surface area contributed by atoms with Crippen molar-refractivity contribution in [2.45, 2.75) is 27.7 Å². The molecule has 6 heteroatoms. The highest BCUT2D eigenvalue weighted by molar-refractivity contribution is 6.05. The molecule has 0 aliphatic carbocycles. The van der Waals surface area contributed by atoms with E-state index in [1.807, 2.05) is 56.6 Å². The summed E-state index contributed by atoms with van der Waals surface area (Å²) in [4.78, 5) is 24.6. The van der Waals surface area contributed by atoms with Crippen molar-refractivity contribution >= 4 is 17.6 Å². The molecule has 28 heavy (non-hydrogen) atoms. The number of benzene rings is 2. The molecule has 1 aromatic heterocycles. The number of aromatic nitrogens is 2. The molecule has 0 aliphatic heterocycles. The van der Waals surface area contributed by atoms with Gasteiger partial charge in [-0.25, -0.2) is 9.48 Å². The van der Waals surface area contributed by atoms with E-state index in [2.05, 4.69) is 10.4 Å². The summed E-state index contributed by atoms with van der Waals surface area (Å²) >= 11 is 0. The lowest BCUT2D eigenvalue weighted by molar-refractivity contribution is 0.0599. The Hall–Kier alpha value is -3.41. The maximum absolute atomic E-state index is 12.6. The fraction of sp³-hybridized carbons (Fsp3) is 0.227. The third-order valence-corrected chi connectivity index (χ3v) is 4.71. The fourth-order valence-electron chi connectivity index (χ4n) is 3.10. The van der Waals surface area contributed by atoms with Gasteiger partial charge < -0.3 is 10.1 Å². The number of amides is 1. The van der Waals surface area contributed by atoms with Crippen LogP contribution in [0.2, 0.25) is 0 Å². The number of methoxy groups -OCH3 is 1. The van der Waals surface area contributed by atoms with E-state index >= 15 is 0 Å². The second kappa shape index (κ2) is 7.68. The molecule has 0 atom stereocenters. The normalized spacial score (nSPS) is 10.6. The second-order valence-electron chi connectivity index (χ2n) is 6.80. The summed E-state index contributed by atoms with van der Waals surface area (Å²) in [6.45, 7) is 7.67. The van der Waals surface area contributed by atoms with Crippen molar-refractivity contribution in [3.8, 4) is 5.69 Å². The zero-order valence-corrected chi connectivity index (χ0v) is 16.7. The van der Waals surface area contributed by atoms with Crippen LogP contribution in [0.3, 0.4) is 0 Å². The zero-order valence-electron chi connectivity index (χ0n) is 16.7. The molecule has 3 rings (SSSR count). The molecule has 1 N–H and O–H groups in total. The topological polar surface area (TPSA) is 73.2 Å². The lowest BCUT2D eigenvalue weighted by atomic mass is 10.0. The number of aryl methyl sites for hydroxylation is 3. The van der Waals surface area contributed by atoms with Gasteiger partial charge in [0.2, 0.25) is 0 Å². The molecule has 6 nitrogen and oxygen atoms in total. The van der Waals surface area contributed by atoms with Gasteiger partial charge in [0.05, 0.1) is 24.1 Å². The average molecular weight is 377 g/mol. The number of rotatable bonds is 4. The number of nitrogens with one attached hydrogen (secondary N) is 1. The van der Waals surface area contributed by atoms with E-state index in [0.717, 1.165) is 28.2 Å². The van der Waals surface area contributed by atoms with Crippen LogP contribution in [0.1, 0.15) is 43.2 Å². The Kier molecular flexibility index (Phi) is 5.31. The Bertz CT molecular complexity index is 1050. The molecule has 0 radical (unpaired) electrons. The van der Waals surface area contributed by atoms with Crippen molar-refractivity contribution in [2.75, 3.05) is 12.4 Å². The molecule has 0 aliphatic rings. The van der Waals surface area contributed by atoms with E-state index in [1.54, 1.807) is 18.2 Å². The number of carbonyl (C=O) groups excluding carboxylic acids is 2. The number of nitrogens with zero attached hydrogens (tertiary/aromatic N) is 2. The molecule has 144 valence electrons. The quantitative estimate of drug-likeness (QED) is 0.694. The molecule has 0 unspecified atom stereocenters. The van der Waals surface area contributed by atoms with Gasteiger partial charge in [0.1, 0.15) is 0 Å². The number of hydrogen-bond acceptors (Lipinski definition) is 4. The molecule has 1 amide bonds. The summed E-state index contributed by atoms with van der Waals surface area (Å²) in [5.74, 6) is -0.676. The Labute approximate surface area is 164 Å². The predicted octanol–water partition coefficient (Wildman–Crippen LogP) is 4.14. The first-order valence-corrected chi connectivity index (χ1v) is 8.94. The molecule has 1 heterocycles. The Morgan fingerprint density at radius 3 is 2.25 bits per heavy atom. The van der Waals surface area contributed by atoms with Crippen molar-refractivity contribution in [3.63, 3.8) is 0 Å². The summed E-state index contributed by atoms with van der Waals surface area (Å²) < 4.78 is 6.66. The second-order valence-corrected chi connectivity index (χ2v) is 6.80. The minimum Gasteiger partial charge on any atom is -0.465 e. The first-order chi connectivity index (χ1) is 13.3. The van der Waals surface area contributed by atoms with Gasteiger partial charge in [0, 0.05) is 16.9 Å². The van der Waals surface area contributed by atoms with E-state index in [-0.39, 0.29) is 5.91 Å². The monoisotopic (exact) mass is 377 g/mol. The summed E-state index contributed by atoms with van der Waals surface area (Å²) in [6.07, 6.45) is 0. The summed E-state index contributed by atoms with van der Waals surface area (Å²) in [5, 5.41) is 7.30. The number of hydrogen-bond donors (Lipinski definition) is 1. The first kappa shape index (κ1) is 19.4. The predicted molar refractivity (Wildman–Crippen MR) is 108 cm³/mol. The summed E-state index contributed by atoms with van der Waals surface area (Å²) in [5.41, 5.74) is 6.10. The third-order valence-electron chi connectivity index (χ3n) is 4.71. The summed E-state index contributed by atoms with van der Waals surface area (Å²) in [7, 11) is 1.34. The van der Waals surface area contributed by atoms with Gasteiger partial charge in [-0.3, -0.25) is 4.79 Å². The van der Waals surface area contributed by atoms with Gasteiger partial charge in [0.25, 0.3) is 5.91 Å². The van der Waals surface area contributed by atoms with E-state index in [0.29, 0.717) is 16.8 Å². The Morgan fingerprint density at radius 2 is 1.68 bits per heavy atom. The molecule has 0 spiro atoms. The van der Waals surface area contributed by atoms with Gasteiger partial charge >= 0.3 is 5.97 Å². The van der Waals surface area contributed by atoms with Gasteiger partial charge in [-0.1, -0.05) is 0 Å². The van der Waals surface area contributed by atoms with Crippen molar-refractivity contribution in [1.29, 1.82) is 0 Å². The maximum atomic E-state index is 12.6. The molecule has 0 bridgehead atoms. The van der Waals surface area contributed by atoms with Crippen LogP contribution in [0.4, 0.5) is 5.69 Å². The van der Waals surface area contributed by atoms with Crippen molar-refractivity contribution in [2.24, 2.45) is 0 Å². The zero-order chi connectivity index (χ0) is 20.4. The van der Waals surface area contributed by atoms with Gasteiger partial charge in [-0.15, -0.1) is 0 Å². The van der Waals surface area contributed by atoms with Crippen LogP contribution in [0.15, 0.2) is 42.5 Å². The number of carbonyl (C=O) groups is 2. The van der Waals surface area contributed by atoms with Crippen molar-refractivity contribution in [3.05, 3.63) is 76.1 Å². The van der Waals surface area contributed by atoms with E-state index < -0.39 is 5.97 Å². The van der Waals surface area contributed by atoms with Crippen LogP contribution in [-0.2, 0) is 4.74 Å². The highest BCUT2D eigenvalue weighted by Gasteiger charge is 2.14. The molecule has 0 fully saturated rings. The van der Waals surface area contributed by atoms with E-state index in [9.17, 15) is 9.59 Å².